The van der Waals surface area contributed by atoms with E-state index in [0.717, 1.165) is 18.9 Å². The van der Waals surface area contributed by atoms with E-state index < -0.39 is 5.97 Å². The van der Waals surface area contributed by atoms with Crippen LogP contribution in [0, 0.1) is 0 Å². The number of hydroxylamine groups is 1. The molecule has 0 aliphatic rings. The molecule has 0 radical (unpaired) electrons. The number of nitrogens with one attached hydrogen (secondary N) is 1. The third-order valence-corrected chi connectivity index (χ3v) is 1.35. The quantitative estimate of drug-likeness (QED) is 0.371. The Balaban J connectivity index is 3.58. The van der Waals surface area contributed by atoms with E-state index in [9.17, 15) is 4.79 Å². The second-order valence-electron chi connectivity index (χ2n) is 2.51. The highest BCUT2D eigenvalue weighted by Gasteiger charge is 2.06. The van der Waals surface area contributed by atoms with E-state index in [0.29, 0.717) is 6.61 Å². The maximum Gasteiger partial charge on any atom is 0.348 e. The van der Waals surface area contributed by atoms with Crippen molar-refractivity contribution in [2.24, 2.45) is 0 Å². The first-order chi connectivity index (χ1) is 6.24. The minimum atomic E-state index is -0.501. The molecule has 1 atom stereocenters. The first-order valence-corrected chi connectivity index (χ1v) is 4.44. The lowest BCUT2D eigenvalue weighted by atomic mass is 10.4. The highest BCUT2D eigenvalue weighted by Crippen LogP contribution is 1.95. The molecule has 0 amide bonds. The van der Waals surface area contributed by atoms with Crippen LogP contribution < -0.4 is 5.48 Å². The van der Waals surface area contributed by atoms with E-state index in [1.165, 1.54) is 0 Å². The summed E-state index contributed by atoms with van der Waals surface area (Å²) in [5, 5.41) is 0. The Morgan fingerprint density at radius 2 is 2.31 bits per heavy atom. The van der Waals surface area contributed by atoms with Gasteiger partial charge in [-0.1, -0.05) is 20.4 Å². The van der Waals surface area contributed by atoms with Crippen molar-refractivity contribution in [1.82, 2.24) is 5.48 Å². The number of carbonyl (C=O) groups excluding carboxylic acids is 1. The van der Waals surface area contributed by atoms with Gasteiger partial charge in [0.25, 0.3) is 0 Å². The van der Waals surface area contributed by atoms with Crippen LogP contribution in [0.1, 0.15) is 26.7 Å². The summed E-state index contributed by atoms with van der Waals surface area (Å²) in [4.78, 5) is 15.3. The van der Waals surface area contributed by atoms with Gasteiger partial charge >= 0.3 is 5.97 Å². The highest BCUT2D eigenvalue weighted by atomic mass is 16.7. The van der Waals surface area contributed by atoms with Gasteiger partial charge in [0.1, 0.15) is 6.23 Å². The predicted molar refractivity (Wildman–Crippen MR) is 49.7 cm³/mol. The Kier molecular flexibility index (Phi) is 7.24. The largest absolute Gasteiger partial charge is 0.365 e. The van der Waals surface area contributed by atoms with Crippen molar-refractivity contribution >= 4 is 5.97 Å². The van der Waals surface area contributed by atoms with Crippen LogP contribution in [-0.2, 0) is 14.4 Å². The van der Waals surface area contributed by atoms with E-state index in [2.05, 4.69) is 16.9 Å². The van der Waals surface area contributed by atoms with Crippen LogP contribution in [-0.4, -0.2) is 18.8 Å². The van der Waals surface area contributed by atoms with Crippen LogP contribution in [0.5, 0.6) is 0 Å². The monoisotopic (exact) mass is 187 g/mol. The molecule has 0 bridgehead atoms. The summed E-state index contributed by atoms with van der Waals surface area (Å²) in [7, 11) is 0. The summed E-state index contributed by atoms with van der Waals surface area (Å²) in [6, 6.07) is 0. The van der Waals surface area contributed by atoms with Gasteiger partial charge in [-0.15, -0.1) is 5.48 Å². The molecular weight excluding hydrogens is 170 g/mol. The molecule has 4 heteroatoms. The highest BCUT2D eigenvalue weighted by molar-refractivity contribution is 5.80. The first-order valence-electron chi connectivity index (χ1n) is 4.44. The molecule has 0 aromatic rings. The fourth-order valence-corrected chi connectivity index (χ4v) is 0.661. The molecule has 0 aromatic carbocycles. The second-order valence-corrected chi connectivity index (χ2v) is 2.51. The van der Waals surface area contributed by atoms with Gasteiger partial charge in [-0.05, 0) is 12.8 Å². The lowest BCUT2D eigenvalue weighted by Crippen LogP contribution is -2.33. The maximum absolute atomic E-state index is 10.6. The molecule has 76 valence electrons. The van der Waals surface area contributed by atoms with Crippen molar-refractivity contribution in [1.29, 1.82) is 0 Å². The summed E-state index contributed by atoms with van der Waals surface area (Å²) in [5.74, 6) is -0.501. The van der Waals surface area contributed by atoms with Crippen molar-refractivity contribution < 1.29 is 14.4 Å². The van der Waals surface area contributed by atoms with Gasteiger partial charge in [0.15, 0.2) is 0 Å². The Bertz CT molecular complexity index is 159. The van der Waals surface area contributed by atoms with Gasteiger partial charge in [-0.25, -0.2) is 4.79 Å². The van der Waals surface area contributed by atoms with Gasteiger partial charge in [0.05, 0.1) is 0 Å². The molecule has 13 heavy (non-hydrogen) atoms. The second kappa shape index (κ2) is 7.76. The number of carbonyl (C=O) groups is 1. The van der Waals surface area contributed by atoms with Crippen molar-refractivity contribution in [3.8, 4) is 0 Å². The van der Waals surface area contributed by atoms with Crippen LogP contribution in [0.4, 0.5) is 0 Å². The Labute approximate surface area is 78.9 Å². The number of hydrogen-bond donors (Lipinski definition) is 1. The molecule has 0 aliphatic carbocycles. The zero-order valence-corrected chi connectivity index (χ0v) is 8.21. The molecule has 0 aliphatic heterocycles. The molecule has 0 rings (SSSR count). The van der Waals surface area contributed by atoms with Gasteiger partial charge in [0, 0.05) is 12.7 Å². The van der Waals surface area contributed by atoms with Crippen LogP contribution in [0.25, 0.3) is 0 Å². The van der Waals surface area contributed by atoms with Crippen molar-refractivity contribution in [3.05, 3.63) is 12.7 Å². The van der Waals surface area contributed by atoms with Crippen molar-refractivity contribution in [2.75, 3.05) is 6.61 Å². The van der Waals surface area contributed by atoms with Crippen LogP contribution in [0.2, 0.25) is 0 Å². The van der Waals surface area contributed by atoms with Crippen LogP contribution in [0.3, 0.4) is 0 Å². The predicted octanol–water partition coefficient (Wildman–Crippen LogP) is 1.38. The van der Waals surface area contributed by atoms with Gasteiger partial charge in [0.2, 0.25) is 0 Å². The van der Waals surface area contributed by atoms with E-state index in [1.54, 1.807) is 0 Å². The summed E-state index contributed by atoms with van der Waals surface area (Å²) >= 11 is 0. The molecule has 4 nitrogen and oxygen atoms in total. The standard InChI is InChI=1S/C9H17NO3/c1-4-7-12-8(5-2)10-13-9(11)6-3/h6,8,10H,3-5,7H2,1-2H3. The molecule has 0 fully saturated rings. The molecule has 1 unspecified atom stereocenters. The molecule has 1 N–H and O–H groups in total. The zero-order valence-electron chi connectivity index (χ0n) is 8.21. The molecule has 0 spiro atoms. The van der Waals surface area contributed by atoms with Crippen LogP contribution in [0.15, 0.2) is 12.7 Å². The minimum Gasteiger partial charge on any atom is -0.365 e. The molecule has 0 heterocycles. The Morgan fingerprint density at radius 3 is 2.77 bits per heavy atom. The maximum atomic E-state index is 10.6. The third kappa shape index (κ3) is 6.31. The molecule has 0 saturated carbocycles. The fourth-order valence-electron chi connectivity index (χ4n) is 0.661. The minimum absolute atomic E-state index is 0.233. The number of hydrogen-bond acceptors (Lipinski definition) is 4. The average molecular weight is 187 g/mol. The zero-order chi connectivity index (χ0) is 10.1. The van der Waals surface area contributed by atoms with Crippen LogP contribution >= 0.6 is 0 Å². The fraction of sp³-hybridized carbons (Fsp3) is 0.667. The summed E-state index contributed by atoms with van der Waals surface area (Å²) in [5.41, 5.74) is 2.51. The summed E-state index contributed by atoms with van der Waals surface area (Å²) < 4.78 is 5.31. The summed E-state index contributed by atoms with van der Waals surface area (Å²) in [6.45, 7) is 7.88. The van der Waals surface area contributed by atoms with E-state index in [1.807, 2.05) is 13.8 Å². The number of ether oxygens (including phenoxy) is 1. The topological polar surface area (TPSA) is 47.6 Å². The van der Waals surface area contributed by atoms with Gasteiger partial charge < -0.3 is 9.57 Å². The smallest absolute Gasteiger partial charge is 0.348 e. The van der Waals surface area contributed by atoms with E-state index >= 15 is 0 Å². The number of rotatable bonds is 7. The average Bonchev–Trinajstić information content (AvgIpc) is 2.17. The molecule has 0 aromatic heterocycles. The SMILES string of the molecule is C=CC(=O)ONC(CC)OCCC. The Morgan fingerprint density at radius 1 is 1.62 bits per heavy atom. The van der Waals surface area contributed by atoms with Gasteiger partial charge in [-0.3, -0.25) is 0 Å². The molecular formula is C9H17NO3. The lowest BCUT2D eigenvalue weighted by molar-refractivity contribution is -0.156. The summed E-state index contributed by atoms with van der Waals surface area (Å²) in [6.07, 6.45) is 2.54. The first kappa shape index (κ1) is 12.1. The lowest BCUT2D eigenvalue weighted by Gasteiger charge is -2.15. The van der Waals surface area contributed by atoms with E-state index in [4.69, 9.17) is 4.74 Å². The normalized spacial score (nSPS) is 12.2. The molecule has 0 saturated heterocycles. The Hall–Kier alpha value is -0.870. The van der Waals surface area contributed by atoms with Crippen molar-refractivity contribution in [2.45, 2.75) is 32.9 Å². The van der Waals surface area contributed by atoms with E-state index in [-0.39, 0.29) is 6.23 Å². The third-order valence-electron chi connectivity index (χ3n) is 1.35. The van der Waals surface area contributed by atoms with Gasteiger partial charge in [-0.2, -0.15) is 0 Å². The van der Waals surface area contributed by atoms with Crippen molar-refractivity contribution in [3.63, 3.8) is 0 Å².